The van der Waals surface area contributed by atoms with Gasteiger partial charge in [-0.05, 0) is 19.1 Å². The van der Waals surface area contributed by atoms with E-state index in [-0.39, 0.29) is 5.82 Å². The summed E-state index contributed by atoms with van der Waals surface area (Å²) in [5.74, 6) is -0.318. The topological polar surface area (TPSA) is 23.5 Å². The molecule has 2 nitrogen and oxygen atoms in total. The van der Waals surface area contributed by atoms with Crippen molar-refractivity contribution in [3.05, 3.63) is 29.6 Å². The minimum Gasteiger partial charge on any atom is -0.389 e. The maximum atomic E-state index is 13.9. The third-order valence-electron chi connectivity index (χ3n) is 3.21. The summed E-state index contributed by atoms with van der Waals surface area (Å²) in [6.07, 6.45) is -0.776. The Morgan fingerprint density at radius 1 is 1.33 bits per heavy atom. The van der Waals surface area contributed by atoms with E-state index in [1.807, 2.05) is 17.8 Å². The fourth-order valence-corrected chi connectivity index (χ4v) is 3.91. The van der Waals surface area contributed by atoms with Crippen LogP contribution in [0.2, 0.25) is 0 Å². The first-order valence-electron chi connectivity index (χ1n) is 6.36. The fraction of sp³-hybridized carbons (Fsp3) is 0.571. The van der Waals surface area contributed by atoms with Crippen LogP contribution in [-0.4, -0.2) is 28.7 Å². The molecule has 100 valence electrons. The van der Waals surface area contributed by atoms with Crippen molar-refractivity contribution in [2.75, 3.05) is 18.0 Å². The molecule has 1 aliphatic heterocycles. The molecule has 0 amide bonds. The molecule has 2 rings (SSSR count). The van der Waals surface area contributed by atoms with E-state index < -0.39 is 6.10 Å². The first-order valence-corrected chi connectivity index (χ1v) is 7.30. The van der Waals surface area contributed by atoms with E-state index in [2.05, 4.69) is 18.7 Å². The minimum atomic E-state index is -0.776. The summed E-state index contributed by atoms with van der Waals surface area (Å²) in [4.78, 5) is 2.19. The minimum absolute atomic E-state index is 0.318. The fourth-order valence-electron chi connectivity index (χ4n) is 2.59. The van der Waals surface area contributed by atoms with Crippen molar-refractivity contribution in [1.29, 1.82) is 0 Å². The van der Waals surface area contributed by atoms with E-state index in [0.29, 0.717) is 16.1 Å². The molecule has 1 heterocycles. The summed E-state index contributed by atoms with van der Waals surface area (Å²) >= 11 is 1.96. The molecular formula is C14H20FNOS. The van der Waals surface area contributed by atoms with E-state index in [1.165, 1.54) is 6.07 Å². The third kappa shape index (κ3) is 2.81. The van der Waals surface area contributed by atoms with Crippen molar-refractivity contribution in [2.45, 2.75) is 37.4 Å². The Kier molecular flexibility index (Phi) is 4.17. The molecule has 1 aromatic carbocycles. The molecule has 1 saturated heterocycles. The smallest absolute Gasteiger partial charge is 0.131 e. The van der Waals surface area contributed by atoms with Gasteiger partial charge in [0, 0.05) is 34.8 Å². The maximum absolute atomic E-state index is 13.9. The molecule has 3 atom stereocenters. The Hall–Kier alpha value is -0.740. The Morgan fingerprint density at radius 3 is 2.50 bits per heavy atom. The normalized spacial score (nSPS) is 26.2. The number of rotatable bonds is 2. The molecule has 0 aliphatic carbocycles. The number of nitrogens with zero attached hydrogens (tertiary/aromatic N) is 1. The zero-order chi connectivity index (χ0) is 13.3. The number of halogens is 1. The van der Waals surface area contributed by atoms with E-state index in [4.69, 9.17) is 0 Å². The molecule has 2 unspecified atom stereocenters. The van der Waals surface area contributed by atoms with E-state index in [0.717, 1.165) is 18.8 Å². The van der Waals surface area contributed by atoms with Crippen molar-refractivity contribution in [3.8, 4) is 0 Å². The summed E-state index contributed by atoms with van der Waals surface area (Å²) in [6.45, 7) is 7.80. The second-order valence-electron chi connectivity index (χ2n) is 5.01. The molecule has 1 N–H and O–H groups in total. The van der Waals surface area contributed by atoms with Gasteiger partial charge in [-0.1, -0.05) is 19.9 Å². The lowest BCUT2D eigenvalue weighted by atomic mass is 10.1. The average Bonchev–Trinajstić information content (AvgIpc) is 2.26. The van der Waals surface area contributed by atoms with Crippen LogP contribution in [0.3, 0.4) is 0 Å². The second kappa shape index (κ2) is 5.49. The Labute approximate surface area is 112 Å². The lowest BCUT2D eigenvalue weighted by Crippen LogP contribution is -2.41. The molecule has 0 bridgehead atoms. The SMILES string of the molecule is CC1CN(c2cccc(F)c2[C@H](C)O)CC(C)S1. The summed E-state index contributed by atoms with van der Waals surface area (Å²) in [7, 11) is 0. The lowest BCUT2D eigenvalue weighted by Gasteiger charge is -2.37. The number of hydrogen-bond donors (Lipinski definition) is 1. The van der Waals surface area contributed by atoms with E-state index in [1.54, 1.807) is 13.0 Å². The predicted molar refractivity (Wildman–Crippen MR) is 75.8 cm³/mol. The van der Waals surface area contributed by atoms with Crippen LogP contribution < -0.4 is 4.90 Å². The van der Waals surface area contributed by atoms with Crippen LogP contribution in [0.1, 0.15) is 32.4 Å². The molecule has 0 saturated carbocycles. The number of aliphatic hydroxyl groups is 1. The maximum Gasteiger partial charge on any atom is 0.131 e. The molecule has 0 radical (unpaired) electrons. The lowest BCUT2D eigenvalue weighted by molar-refractivity contribution is 0.194. The third-order valence-corrected chi connectivity index (χ3v) is 4.44. The number of hydrogen-bond acceptors (Lipinski definition) is 3. The number of benzene rings is 1. The molecule has 0 aromatic heterocycles. The van der Waals surface area contributed by atoms with Crippen molar-refractivity contribution in [3.63, 3.8) is 0 Å². The van der Waals surface area contributed by atoms with Gasteiger partial charge < -0.3 is 10.0 Å². The van der Waals surface area contributed by atoms with Crippen molar-refractivity contribution in [2.24, 2.45) is 0 Å². The van der Waals surface area contributed by atoms with Crippen LogP contribution in [-0.2, 0) is 0 Å². The van der Waals surface area contributed by atoms with E-state index in [9.17, 15) is 9.50 Å². The van der Waals surface area contributed by atoms with Gasteiger partial charge in [-0.3, -0.25) is 0 Å². The zero-order valence-electron chi connectivity index (χ0n) is 11.1. The quantitative estimate of drug-likeness (QED) is 0.892. The number of aliphatic hydroxyl groups excluding tert-OH is 1. The van der Waals surface area contributed by atoms with Crippen molar-refractivity contribution in [1.82, 2.24) is 0 Å². The first-order chi connectivity index (χ1) is 8.49. The van der Waals surface area contributed by atoms with Crippen molar-refractivity contribution >= 4 is 17.4 Å². The predicted octanol–water partition coefficient (Wildman–Crippen LogP) is 3.21. The van der Waals surface area contributed by atoms with Crippen LogP contribution in [0.5, 0.6) is 0 Å². The molecular weight excluding hydrogens is 249 g/mol. The van der Waals surface area contributed by atoms with Crippen LogP contribution >= 0.6 is 11.8 Å². The highest BCUT2D eigenvalue weighted by molar-refractivity contribution is 8.00. The van der Waals surface area contributed by atoms with Gasteiger partial charge in [-0.25, -0.2) is 4.39 Å². The Bertz CT molecular complexity index is 414. The zero-order valence-corrected chi connectivity index (χ0v) is 11.9. The van der Waals surface area contributed by atoms with Gasteiger partial charge in [-0.15, -0.1) is 0 Å². The van der Waals surface area contributed by atoms with Gasteiger partial charge >= 0.3 is 0 Å². The van der Waals surface area contributed by atoms with Gasteiger partial charge in [-0.2, -0.15) is 11.8 Å². The Balaban J connectivity index is 2.35. The molecule has 1 aromatic rings. The Morgan fingerprint density at radius 2 is 1.94 bits per heavy atom. The highest BCUT2D eigenvalue weighted by Crippen LogP contribution is 2.34. The van der Waals surface area contributed by atoms with Gasteiger partial charge in [0.15, 0.2) is 0 Å². The molecule has 1 fully saturated rings. The average molecular weight is 269 g/mol. The summed E-state index contributed by atoms with van der Waals surface area (Å²) in [6, 6.07) is 5.03. The summed E-state index contributed by atoms with van der Waals surface area (Å²) in [5.41, 5.74) is 1.26. The van der Waals surface area contributed by atoms with Crippen LogP contribution in [0.25, 0.3) is 0 Å². The van der Waals surface area contributed by atoms with Crippen LogP contribution in [0.4, 0.5) is 10.1 Å². The monoisotopic (exact) mass is 269 g/mol. The largest absolute Gasteiger partial charge is 0.389 e. The summed E-state index contributed by atoms with van der Waals surface area (Å²) in [5, 5.41) is 10.8. The molecule has 4 heteroatoms. The number of thioether (sulfide) groups is 1. The standard InChI is InChI=1S/C14H20FNOS/c1-9-7-16(8-10(2)18-9)13-6-4-5-12(15)14(13)11(3)17/h4-6,9-11,17H,7-8H2,1-3H3/t9?,10?,11-/m0/s1. The molecule has 0 spiro atoms. The summed E-state index contributed by atoms with van der Waals surface area (Å²) < 4.78 is 13.9. The molecule has 18 heavy (non-hydrogen) atoms. The van der Waals surface area contributed by atoms with Crippen LogP contribution in [0, 0.1) is 5.82 Å². The van der Waals surface area contributed by atoms with Gasteiger partial charge in [0.05, 0.1) is 6.10 Å². The van der Waals surface area contributed by atoms with Gasteiger partial charge in [0.25, 0.3) is 0 Å². The first kappa shape index (κ1) is 13.7. The number of anilines is 1. The highest BCUT2D eigenvalue weighted by atomic mass is 32.2. The highest BCUT2D eigenvalue weighted by Gasteiger charge is 2.25. The second-order valence-corrected chi connectivity index (χ2v) is 6.89. The van der Waals surface area contributed by atoms with Gasteiger partial charge in [0.1, 0.15) is 5.82 Å². The van der Waals surface area contributed by atoms with E-state index >= 15 is 0 Å². The van der Waals surface area contributed by atoms with Gasteiger partial charge in [0.2, 0.25) is 0 Å². The molecule has 1 aliphatic rings. The van der Waals surface area contributed by atoms with Crippen molar-refractivity contribution < 1.29 is 9.50 Å². The van der Waals surface area contributed by atoms with Crippen LogP contribution in [0.15, 0.2) is 18.2 Å².